The van der Waals surface area contributed by atoms with Crippen LogP contribution in [-0.2, 0) is 0 Å². The molecule has 0 aliphatic heterocycles. The number of aromatic nitrogens is 4. The van der Waals surface area contributed by atoms with E-state index >= 15 is 0 Å². The highest BCUT2D eigenvalue weighted by Crippen LogP contribution is 2.20. The minimum absolute atomic E-state index is 0.141. The fraction of sp³-hybridized carbons (Fsp3) is 0.0476. The minimum atomic E-state index is -1.04. The second-order valence-corrected chi connectivity index (χ2v) is 6.52. The molecule has 2 aromatic carbocycles. The molecule has 2 aromatic heterocycles. The zero-order valence-corrected chi connectivity index (χ0v) is 16.3. The number of nitrogens with one attached hydrogen (secondary N) is 3. The third-order valence-electron chi connectivity index (χ3n) is 4.16. The van der Waals surface area contributed by atoms with Crippen LogP contribution in [0, 0.1) is 18.6 Å². The van der Waals surface area contributed by atoms with Crippen LogP contribution in [0.15, 0.2) is 67.0 Å². The van der Waals surface area contributed by atoms with Crippen molar-refractivity contribution < 1.29 is 13.6 Å². The van der Waals surface area contributed by atoms with Crippen molar-refractivity contribution in [1.29, 1.82) is 0 Å². The standard InChI is InChI=1S/C21H17F2N7O/c1-13-25-19(12-20(26-13)30-10-2-9-24-30)27-14-3-5-15(6-4-14)28-21(31)29-16-7-8-17(22)18(23)11-16/h2-12H,1H3,(H,25,26,27)(H2,28,29,31). The Labute approximate surface area is 176 Å². The van der Waals surface area contributed by atoms with Crippen molar-refractivity contribution in [2.75, 3.05) is 16.0 Å². The van der Waals surface area contributed by atoms with Gasteiger partial charge in [0, 0.05) is 41.6 Å². The zero-order valence-electron chi connectivity index (χ0n) is 16.3. The van der Waals surface area contributed by atoms with Crippen molar-refractivity contribution in [1.82, 2.24) is 19.7 Å². The number of anilines is 4. The van der Waals surface area contributed by atoms with E-state index in [1.807, 2.05) is 0 Å². The molecule has 3 N–H and O–H groups in total. The molecule has 31 heavy (non-hydrogen) atoms. The molecule has 8 nitrogen and oxygen atoms in total. The number of nitrogens with zero attached hydrogens (tertiary/aromatic N) is 4. The maximum absolute atomic E-state index is 13.2. The summed E-state index contributed by atoms with van der Waals surface area (Å²) in [7, 11) is 0. The van der Waals surface area contributed by atoms with Gasteiger partial charge >= 0.3 is 6.03 Å². The third-order valence-corrected chi connectivity index (χ3v) is 4.16. The lowest BCUT2D eigenvalue weighted by atomic mass is 10.2. The Morgan fingerprint density at radius 1 is 0.903 bits per heavy atom. The largest absolute Gasteiger partial charge is 0.340 e. The summed E-state index contributed by atoms with van der Waals surface area (Å²) in [5.41, 5.74) is 1.40. The van der Waals surface area contributed by atoms with E-state index in [1.54, 1.807) is 60.4 Å². The van der Waals surface area contributed by atoms with Crippen LogP contribution in [-0.4, -0.2) is 25.8 Å². The predicted octanol–water partition coefficient (Wildman–Crippen LogP) is 4.64. The lowest BCUT2D eigenvalue weighted by Crippen LogP contribution is -2.19. The topological polar surface area (TPSA) is 96.8 Å². The number of halogens is 2. The third kappa shape index (κ3) is 4.99. The minimum Gasteiger partial charge on any atom is -0.340 e. The highest BCUT2D eigenvalue weighted by Gasteiger charge is 2.08. The molecule has 0 atom stereocenters. The number of benzene rings is 2. The number of rotatable bonds is 5. The van der Waals surface area contributed by atoms with Gasteiger partial charge in [0.05, 0.1) is 0 Å². The number of hydrogen-bond donors (Lipinski definition) is 3. The summed E-state index contributed by atoms with van der Waals surface area (Å²) in [6.45, 7) is 1.79. The Balaban J connectivity index is 1.40. The van der Waals surface area contributed by atoms with Crippen LogP contribution < -0.4 is 16.0 Å². The number of aryl methyl sites for hydroxylation is 1. The van der Waals surface area contributed by atoms with Crippen LogP contribution in [0.3, 0.4) is 0 Å². The molecule has 0 aliphatic carbocycles. The van der Waals surface area contributed by atoms with Crippen molar-refractivity contribution in [3.63, 3.8) is 0 Å². The van der Waals surface area contributed by atoms with Gasteiger partial charge in [-0.3, -0.25) is 0 Å². The SMILES string of the molecule is Cc1nc(Nc2ccc(NC(=O)Nc3ccc(F)c(F)c3)cc2)cc(-n2cccn2)n1. The molecule has 0 fully saturated rings. The smallest absolute Gasteiger partial charge is 0.323 e. The van der Waals surface area contributed by atoms with Crippen molar-refractivity contribution >= 4 is 28.9 Å². The van der Waals surface area contributed by atoms with Crippen molar-refractivity contribution in [3.8, 4) is 5.82 Å². The van der Waals surface area contributed by atoms with Crippen LogP contribution >= 0.6 is 0 Å². The molecule has 2 amide bonds. The van der Waals surface area contributed by atoms with E-state index in [2.05, 4.69) is 31.0 Å². The van der Waals surface area contributed by atoms with Gasteiger partial charge in [0.2, 0.25) is 0 Å². The molecule has 0 aliphatic rings. The van der Waals surface area contributed by atoms with Crippen LogP contribution in [0.1, 0.15) is 5.82 Å². The summed E-state index contributed by atoms with van der Waals surface area (Å²) in [6, 6.07) is 13.0. The zero-order chi connectivity index (χ0) is 21.8. The van der Waals surface area contributed by atoms with Crippen LogP contribution in [0.2, 0.25) is 0 Å². The maximum Gasteiger partial charge on any atom is 0.323 e. The number of carbonyl (C=O) groups excluding carboxylic acids is 1. The van der Waals surface area contributed by atoms with Crippen LogP contribution in [0.4, 0.5) is 36.5 Å². The number of urea groups is 1. The van der Waals surface area contributed by atoms with Gasteiger partial charge in [0.25, 0.3) is 0 Å². The Hall–Kier alpha value is -4.34. The fourth-order valence-electron chi connectivity index (χ4n) is 2.79. The average molecular weight is 421 g/mol. The second-order valence-electron chi connectivity index (χ2n) is 6.52. The first-order valence-electron chi connectivity index (χ1n) is 9.22. The molecule has 0 saturated carbocycles. The van der Waals surface area contributed by atoms with Crippen LogP contribution in [0.25, 0.3) is 5.82 Å². The van der Waals surface area contributed by atoms with E-state index in [0.717, 1.165) is 17.8 Å². The second kappa shape index (κ2) is 8.57. The normalized spacial score (nSPS) is 10.5. The van der Waals surface area contributed by atoms with Gasteiger partial charge in [-0.15, -0.1) is 0 Å². The number of amides is 2. The van der Waals surface area contributed by atoms with Crippen molar-refractivity contribution in [2.24, 2.45) is 0 Å². The summed E-state index contributed by atoms with van der Waals surface area (Å²) >= 11 is 0. The Kier molecular flexibility index (Phi) is 5.52. The monoisotopic (exact) mass is 421 g/mol. The molecule has 10 heteroatoms. The molecular formula is C21H17F2N7O. The summed E-state index contributed by atoms with van der Waals surface area (Å²) < 4.78 is 27.9. The first kappa shape index (κ1) is 20.0. The molecule has 4 aromatic rings. The molecule has 0 unspecified atom stereocenters. The molecular weight excluding hydrogens is 404 g/mol. The molecule has 2 heterocycles. The molecule has 4 rings (SSSR count). The van der Waals surface area contributed by atoms with E-state index < -0.39 is 17.7 Å². The van der Waals surface area contributed by atoms with Gasteiger partial charge in [-0.05, 0) is 49.4 Å². The molecule has 0 bridgehead atoms. The summed E-state index contributed by atoms with van der Waals surface area (Å²) in [5, 5.41) is 12.4. The predicted molar refractivity (Wildman–Crippen MR) is 113 cm³/mol. The van der Waals surface area contributed by atoms with E-state index in [4.69, 9.17) is 0 Å². The molecule has 0 radical (unpaired) electrons. The van der Waals surface area contributed by atoms with Gasteiger partial charge in [-0.25, -0.2) is 28.2 Å². The average Bonchev–Trinajstić information content (AvgIpc) is 3.27. The van der Waals surface area contributed by atoms with Gasteiger partial charge < -0.3 is 16.0 Å². The Bertz CT molecular complexity index is 1210. The van der Waals surface area contributed by atoms with Gasteiger partial charge in [-0.2, -0.15) is 5.10 Å². The quantitative estimate of drug-likeness (QED) is 0.436. The van der Waals surface area contributed by atoms with Crippen LogP contribution in [0.5, 0.6) is 0 Å². The van der Waals surface area contributed by atoms with Crippen molar-refractivity contribution in [3.05, 3.63) is 84.4 Å². The first-order chi connectivity index (χ1) is 15.0. The lowest BCUT2D eigenvalue weighted by molar-refractivity contribution is 0.262. The van der Waals surface area contributed by atoms with Gasteiger partial charge in [-0.1, -0.05) is 0 Å². The van der Waals surface area contributed by atoms with E-state index in [0.29, 0.717) is 23.1 Å². The first-order valence-corrected chi connectivity index (χ1v) is 9.22. The highest BCUT2D eigenvalue weighted by molar-refractivity contribution is 5.99. The van der Waals surface area contributed by atoms with E-state index in [1.165, 1.54) is 6.07 Å². The summed E-state index contributed by atoms with van der Waals surface area (Å²) in [4.78, 5) is 20.8. The fourth-order valence-corrected chi connectivity index (χ4v) is 2.79. The highest BCUT2D eigenvalue weighted by atomic mass is 19.2. The number of hydrogen-bond acceptors (Lipinski definition) is 5. The summed E-state index contributed by atoms with van der Waals surface area (Å²) in [5.74, 6) is -0.210. The lowest BCUT2D eigenvalue weighted by Gasteiger charge is -2.11. The maximum atomic E-state index is 13.2. The summed E-state index contributed by atoms with van der Waals surface area (Å²) in [6.07, 6.45) is 3.45. The molecule has 0 saturated heterocycles. The number of carbonyl (C=O) groups is 1. The Morgan fingerprint density at radius 3 is 2.32 bits per heavy atom. The van der Waals surface area contributed by atoms with Gasteiger partial charge in [0.1, 0.15) is 11.6 Å². The Morgan fingerprint density at radius 2 is 1.61 bits per heavy atom. The van der Waals surface area contributed by atoms with Crippen molar-refractivity contribution in [2.45, 2.75) is 6.92 Å². The molecule has 156 valence electrons. The van der Waals surface area contributed by atoms with E-state index in [9.17, 15) is 13.6 Å². The van der Waals surface area contributed by atoms with Gasteiger partial charge in [0.15, 0.2) is 17.5 Å². The molecule has 0 spiro atoms. The van der Waals surface area contributed by atoms with E-state index in [-0.39, 0.29) is 5.69 Å².